The van der Waals surface area contributed by atoms with Gasteiger partial charge in [0.15, 0.2) is 7.51 Å². The molecule has 1 aromatic carbocycles. The van der Waals surface area contributed by atoms with Crippen LogP contribution in [0.5, 0.6) is 0 Å². The Labute approximate surface area is 161 Å². The zero-order chi connectivity index (χ0) is 17.3. The molecule has 138 valence electrons. The van der Waals surface area contributed by atoms with Crippen LogP contribution in [0, 0.1) is 0 Å². The van der Waals surface area contributed by atoms with E-state index in [0.717, 1.165) is 45.0 Å². The first-order chi connectivity index (χ1) is 12.2. The van der Waals surface area contributed by atoms with E-state index in [-0.39, 0.29) is 0 Å². The van der Waals surface area contributed by atoms with Crippen LogP contribution in [0.4, 0.5) is 5.69 Å². The first kappa shape index (κ1) is 18.3. The number of nitrogens with zero attached hydrogens (tertiary/aromatic N) is 4. The monoisotopic (exact) mass is 400 g/mol. The molecule has 3 aliphatic heterocycles. The lowest BCUT2D eigenvalue weighted by atomic mass is 10.3. The average molecular weight is 401 g/mol. The molecule has 3 aliphatic rings. The van der Waals surface area contributed by atoms with E-state index < -0.39 is 7.51 Å². The zero-order valence-corrected chi connectivity index (χ0v) is 17.1. The van der Waals surface area contributed by atoms with E-state index in [4.69, 9.17) is 27.9 Å². The summed E-state index contributed by atoms with van der Waals surface area (Å²) in [6.07, 6.45) is 7.68. The second-order valence-electron chi connectivity index (χ2n) is 7.21. The predicted molar refractivity (Wildman–Crippen MR) is 108 cm³/mol. The lowest BCUT2D eigenvalue weighted by Crippen LogP contribution is -2.38. The summed E-state index contributed by atoms with van der Waals surface area (Å²) in [5.41, 5.74) is 0.869. The van der Waals surface area contributed by atoms with E-state index in [0.29, 0.717) is 10.0 Å². The van der Waals surface area contributed by atoms with Crippen molar-refractivity contribution < 1.29 is 0 Å². The Hall–Kier alpha value is -0.0900. The van der Waals surface area contributed by atoms with Crippen LogP contribution in [0.3, 0.4) is 0 Å². The summed E-state index contributed by atoms with van der Waals surface area (Å²) in [5.74, 6) is 0. The Morgan fingerprint density at radius 3 is 1.60 bits per heavy atom. The number of halogens is 2. The SMILES string of the molecule is Clc1ccc(Cl)c(N=P(N2CCCC2)(N2CCCC2)N2CCCC2)c1. The van der Waals surface area contributed by atoms with Gasteiger partial charge in [0, 0.05) is 44.3 Å². The Morgan fingerprint density at radius 2 is 1.16 bits per heavy atom. The van der Waals surface area contributed by atoms with Gasteiger partial charge in [-0.25, -0.2) is 18.8 Å². The normalized spacial score (nSPS) is 23.6. The number of benzene rings is 1. The Kier molecular flexibility index (Phi) is 5.76. The van der Waals surface area contributed by atoms with Gasteiger partial charge in [0.25, 0.3) is 0 Å². The fourth-order valence-electron chi connectivity index (χ4n) is 4.34. The summed E-state index contributed by atoms with van der Waals surface area (Å²) in [6.45, 7) is 6.93. The predicted octanol–water partition coefficient (Wildman–Crippen LogP) is 5.86. The smallest absolute Gasteiger partial charge is 0.173 e. The van der Waals surface area contributed by atoms with Crippen molar-refractivity contribution >= 4 is 36.4 Å². The minimum atomic E-state index is -1.93. The minimum absolute atomic E-state index is 0.713. The maximum atomic E-state index is 6.53. The Balaban J connectivity index is 1.88. The van der Waals surface area contributed by atoms with Crippen molar-refractivity contribution in [1.82, 2.24) is 14.0 Å². The molecule has 0 atom stereocenters. The molecule has 3 saturated heterocycles. The number of hydrogen-bond donors (Lipinski definition) is 0. The molecule has 0 aromatic heterocycles. The molecule has 0 radical (unpaired) electrons. The van der Waals surface area contributed by atoms with Crippen LogP contribution < -0.4 is 0 Å². The van der Waals surface area contributed by atoms with Crippen molar-refractivity contribution in [2.75, 3.05) is 39.3 Å². The summed E-state index contributed by atoms with van der Waals surface area (Å²) in [5, 5.41) is 1.43. The van der Waals surface area contributed by atoms with Crippen LogP contribution in [0.1, 0.15) is 38.5 Å². The standard InChI is InChI=1S/C18H27Cl2N4P/c19-16-7-8-17(20)18(15-16)21-25(22-9-1-2-10-22,23-11-3-4-12-23)24-13-5-6-14-24/h7-8,15H,1-6,9-14H2. The topological polar surface area (TPSA) is 22.1 Å². The second-order valence-corrected chi connectivity index (χ2v) is 11.0. The van der Waals surface area contributed by atoms with Gasteiger partial charge in [-0.05, 0) is 56.7 Å². The van der Waals surface area contributed by atoms with E-state index in [1.807, 2.05) is 18.2 Å². The van der Waals surface area contributed by atoms with Gasteiger partial charge in [0.05, 0.1) is 10.7 Å². The van der Waals surface area contributed by atoms with Crippen LogP contribution >= 0.6 is 30.7 Å². The summed E-state index contributed by atoms with van der Waals surface area (Å²) >= 11 is 12.8. The van der Waals surface area contributed by atoms with Gasteiger partial charge < -0.3 is 0 Å². The highest BCUT2D eigenvalue weighted by Gasteiger charge is 2.43. The maximum absolute atomic E-state index is 6.53. The molecule has 0 N–H and O–H groups in total. The molecule has 4 rings (SSSR count). The average Bonchev–Trinajstić information content (AvgIpc) is 3.37. The van der Waals surface area contributed by atoms with Crippen LogP contribution in [-0.2, 0) is 0 Å². The van der Waals surface area contributed by atoms with Crippen LogP contribution in [0.15, 0.2) is 22.9 Å². The first-order valence-corrected chi connectivity index (χ1v) is 11.9. The van der Waals surface area contributed by atoms with Crippen LogP contribution in [0.2, 0.25) is 10.0 Å². The molecule has 7 heteroatoms. The van der Waals surface area contributed by atoms with Crippen LogP contribution in [0.25, 0.3) is 0 Å². The van der Waals surface area contributed by atoms with Gasteiger partial charge in [0.2, 0.25) is 0 Å². The first-order valence-electron chi connectivity index (χ1n) is 9.54. The summed E-state index contributed by atoms with van der Waals surface area (Å²) < 4.78 is 13.6. The highest BCUT2D eigenvalue weighted by molar-refractivity contribution is 7.59. The molecule has 0 bridgehead atoms. The zero-order valence-electron chi connectivity index (χ0n) is 14.7. The lowest BCUT2D eigenvalue weighted by molar-refractivity contribution is 0.384. The third kappa shape index (κ3) is 3.54. The van der Waals surface area contributed by atoms with Crippen LogP contribution in [-0.4, -0.2) is 53.3 Å². The molecule has 4 nitrogen and oxygen atoms in total. The highest BCUT2D eigenvalue weighted by Crippen LogP contribution is 2.64. The van der Waals surface area contributed by atoms with E-state index in [2.05, 4.69) is 14.0 Å². The van der Waals surface area contributed by atoms with Crippen molar-refractivity contribution in [3.05, 3.63) is 28.2 Å². The fourth-order valence-corrected chi connectivity index (χ4v) is 9.09. The van der Waals surface area contributed by atoms with Crippen molar-refractivity contribution in [3.8, 4) is 0 Å². The van der Waals surface area contributed by atoms with Crippen molar-refractivity contribution in [2.45, 2.75) is 38.5 Å². The van der Waals surface area contributed by atoms with Gasteiger partial charge in [-0.3, -0.25) is 0 Å². The molecule has 0 saturated carbocycles. The summed E-state index contributed by atoms with van der Waals surface area (Å²) in [4.78, 5) is 0. The van der Waals surface area contributed by atoms with Gasteiger partial charge >= 0.3 is 0 Å². The summed E-state index contributed by atoms with van der Waals surface area (Å²) in [7, 11) is -1.93. The van der Waals surface area contributed by atoms with Crippen molar-refractivity contribution in [1.29, 1.82) is 0 Å². The number of rotatable bonds is 4. The fraction of sp³-hybridized carbons (Fsp3) is 0.667. The highest BCUT2D eigenvalue weighted by atomic mass is 35.5. The van der Waals surface area contributed by atoms with E-state index in [1.54, 1.807) is 0 Å². The molecule has 0 unspecified atom stereocenters. The Morgan fingerprint density at radius 1 is 0.720 bits per heavy atom. The van der Waals surface area contributed by atoms with Gasteiger partial charge in [-0.1, -0.05) is 23.2 Å². The largest absolute Gasteiger partial charge is 0.246 e. The number of hydrogen-bond acceptors (Lipinski definition) is 1. The van der Waals surface area contributed by atoms with E-state index >= 15 is 0 Å². The molecule has 1 aromatic rings. The van der Waals surface area contributed by atoms with Crippen molar-refractivity contribution in [2.24, 2.45) is 4.74 Å². The quantitative estimate of drug-likeness (QED) is 0.590. The van der Waals surface area contributed by atoms with Crippen molar-refractivity contribution in [3.63, 3.8) is 0 Å². The second kappa shape index (κ2) is 7.88. The molecular formula is C18H27Cl2N4P. The van der Waals surface area contributed by atoms with E-state index in [9.17, 15) is 0 Å². The molecule has 25 heavy (non-hydrogen) atoms. The Bertz CT molecular complexity index is 615. The van der Waals surface area contributed by atoms with Gasteiger partial charge in [-0.2, -0.15) is 0 Å². The minimum Gasteiger partial charge on any atom is -0.246 e. The molecule has 0 amide bonds. The molecular weight excluding hydrogens is 374 g/mol. The third-order valence-electron chi connectivity index (χ3n) is 5.54. The molecule has 0 spiro atoms. The lowest BCUT2D eigenvalue weighted by Gasteiger charge is -2.45. The third-order valence-corrected chi connectivity index (χ3v) is 10.1. The molecule has 3 heterocycles. The molecule has 0 aliphatic carbocycles. The van der Waals surface area contributed by atoms with Gasteiger partial charge in [0.1, 0.15) is 0 Å². The van der Waals surface area contributed by atoms with Gasteiger partial charge in [-0.15, -0.1) is 0 Å². The summed E-state index contributed by atoms with van der Waals surface area (Å²) in [6, 6.07) is 5.68. The van der Waals surface area contributed by atoms with E-state index in [1.165, 1.54) is 38.5 Å². The maximum Gasteiger partial charge on any atom is 0.173 e. The molecule has 3 fully saturated rings.